The first-order valence-corrected chi connectivity index (χ1v) is 10.6. The van der Waals surface area contributed by atoms with Gasteiger partial charge in [-0.3, -0.25) is 14.9 Å². The first-order valence-electron chi connectivity index (χ1n) is 10.6. The summed E-state index contributed by atoms with van der Waals surface area (Å²) in [5, 5.41) is 17.8. The van der Waals surface area contributed by atoms with Crippen molar-refractivity contribution in [3.8, 4) is 0 Å². The second-order valence-electron chi connectivity index (χ2n) is 7.83. The number of halogens is 1. The molecular weight excluding hydrogens is 497 g/mol. The van der Waals surface area contributed by atoms with Crippen LogP contribution in [0.15, 0.2) is 29.3 Å². The third-order valence-electron chi connectivity index (χ3n) is 5.74. The third-order valence-corrected chi connectivity index (χ3v) is 5.74. The fraction of sp³-hybridized carbons (Fsp3) is 0.619. The quantitative estimate of drug-likeness (QED) is 0.193. The molecule has 3 rings (SSSR count). The molecule has 1 aliphatic heterocycles. The van der Waals surface area contributed by atoms with Crippen molar-refractivity contribution < 1.29 is 9.72 Å². The van der Waals surface area contributed by atoms with Gasteiger partial charge < -0.3 is 15.5 Å². The maximum atomic E-state index is 12.8. The van der Waals surface area contributed by atoms with Crippen LogP contribution in [-0.4, -0.2) is 47.4 Å². The Morgan fingerprint density at radius 3 is 2.67 bits per heavy atom. The molecule has 1 saturated heterocycles. The van der Waals surface area contributed by atoms with Crippen molar-refractivity contribution in [1.29, 1.82) is 0 Å². The number of nitro groups is 1. The van der Waals surface area contributed by atoms with Crippen molar-refractivity contribution in [2.45, 2.75) is 58.0 Å². The number of aliphatic imine (C=N–C) groups is 1. The van der Waals surface area contributed by atoms with Crippen LogP contribution in [0.3, 0.4) is 0 Å². The number of carbonyl (C=O) groups is 1. The molecule has 166 valence electrons. The maximum absolute atomic E-state index is 12.8. The van der Waals surface area contributed by atoms with Crippen molar-refractivity contribution in [1.82, 2.24) is 15.5 Å². The Bertz CT molecular complexity index is 752. The van der Waals surface area contributed by atoms with Crippen LogP contribution in [0.1, 0.15) is 51.0 Å². The number of benzene rings is 1. The molecule has 8 nitrogen and oxygen atoms in total. The molecule has 2 aliphatic rings. The normalized spacial score (nSPS) is 19.8. The van der Waals surface area contributed by atoms with Crippen LogP contribution >= 0.6 is 24.0 Å². The Hall–Kier alpha value is -1.91. The highest BCUT2D eigenvalue weighted by atomic mass is 127. The molecule has 1 amide bonds. The lowest BCUT2D eigenvalue weighted by molar-refractivity contribution is -0.385. The number of para-hydroxylation sites is 1. The molecule has 9 heteroatoms. The van der Waals surface area contributed by atoms with Crippen LogP contribution in [0, 0.1) is 16.0 Å². The number of likely N-dealkylation sites (tertiary alicyclic amines) is 1. The standard InChI is InChI=1S/C21H31N5O3.HI/c1-2-22-21(23-14-17-10-6-7-11-19(17)26(28)29)24-18-12-13-25(15-18)20(27)16-8-4-3-5-9-16;/h6-7,10-11,16,18H,2-5,8-9,12-15H2,1H3,(H2,22,23,24);1H. The smallest absolute Gasteiger partial charge is 0.274 e. The molecule has 0 radical (unpaired) electrons. The fourth-order valence-corrected chi connectivity index (χ4v) is 4.19. The van der Waals surface area contributed by atoms with Crippen LogP contribution in [0.25, 0.3) is 0 Å². The SMILES string of the molecule is CCNC(=NCc1ccccc1[N+](=O)[O-])NC1CCN(C(=O)C2CCCCC2)C1.I. The molecule has 1 unspecified atom stereocenters. The van der Waals surface area contributed by atoms with Gasteiger partial charge in [-0.25, -0.2) is 4.99 Å². The van der Waals surface area contributed by atoms with Gasteiger partial charge in [0, 0.05) is 37.7 Å². The van der Waals surface area contributed by atoms with Crippen LogP contribution in [0.2, 0.25) is 0 Å². The summed E-state index contributed by atoms with van der Waals surface area (Å²) in [5.41, 5.74) is 0.660. The second-order valence-corrected chi connectivity index (χ2v) is 7.83. The largest absolute Gasteiger partial charge is 0.357 e. The lowest BCUT2D eigenvalue weighted by Crippen LogP contribution is -2.45. The van der Waals surface area contributed by atoms with E-state index in [-0.39, 0.29) is 53.1 Å². The van der Waals surface area contributed by atoms with Gasteiger partial charge in [0.05, 0.1) is 17.0 Å². The monoisotopic (exact) mass is 529 g/mol. The Balaban J connectivity index is 0.00000320. The summed E-state index contributed by atoms with van der Waals surface area (Å²) in [6.07, 6.45) is 6.49. The summed E-state index contributed by atoms with van der Waals surface area (Å²) >= 11 is 0. The molecule has 2 fully saturated rings. The number of rotatable bonds is 6. The first-order chi connectivity index (χ1) is 14.1. The van der Waals surface area contributed by atoms with E-state index < -0.39 is 0 Å². The van der Waals surface area contributed by atoms with Gasteiger partial charge in [0.2, 0.25) is 5.91 Å². The van der Waals surface area contributed by atoms with E-state index in [9.17, 15) is 14.9 Å². The number of hydrogen-bond acceptors (Lipinski definition) is 4. The Morgan fingerprint density at radius 1 is 1.23 bits per heavy atom. The number of nitrogens with zero attached hydrogens (tertiary/aromatic N) is 3. The maximum Gasteiger partial charge on any atom is 0.274 e. The zero-order chi connectivity index (χ0) is 20.6. The van der Waals surface area contributed by atoms with Crippen LogP contribution in [-0.2, 0) is 11.3 Å². The van der Waals surface area contributed by atoms with Crippen molar-refractivity contribution in [3.63, 3.8) is 0 Å². The predicted molar refractivity (Wildman–Crippen MR) is 128 cm³/mol. The van der Waals surface area contributed by atoms with Crippen LogP contribution in [0.4, 0.5) is 5.69 Å². The van der Waals surface area contributed by atoms with Crippen molar-refractivity contribution >= 4 is 41.5 Å². The summed E-state index contributed by atoms with van der Waals surface area (Å²) < 4.78 is 0. The van der Waals surface area contributed by atoms with Gasteiger partial charge in [0.1, 0.15) is 0 Å². The predicted octanol–water partition coefficient (Wildman–Crippen LogP) is 3.45. The number of nitrogens with one attached hydrogen (secondary N) is 2. The van der Waals surface area contributed by atoms with Crippen molar-refractivity contribution in [2.24, 2.45) is 10.9 Å². The number of nitro benzene ring substituents is 1. The summed E-state index contributed by atoms with van der Waals surface area (Å²) in [7, 11) is 0. The summed E-state index contributed by atoms with van der Waals surface area (Å²) in [6, 6.07) is 6.81. The molecule has 0 aromatic heterocycles. The molecule has 1 aromatic rings. The molecule has 1 heterocycles. The van der Waals surface area contributed by atoms with E-state index in [4.69, 9.17) is 0 Å². The van der Waals surface area contributed by atoms with Gasteiger partial charge in [-0.1, -0.05) is 37.5 Å². The number of guanidine groups is 1. The van der Waals surface area contributed by atoms with Gasteiger partial charge >= 0.3 is 0 Å². The average Bonchev–Trinajstić information content (AvgIpc) is 3.21. The van der Waals surface area contributed by atoms with Gasteiger partial charge in [0.15, 0.2) is 5.96 Å². The Kier molecular flexibility index (Phi) is 9.80. The Morgan fingerprint density at radius 2 is 1.97 bits per heavy atom. The number of hydrogen-bond donors (Lipinski definition) is 2. The molecule has 1 aromatic carbocycles. The van der Waals surface area contributed by atoms with E-state index in [0.29, 0.717) is 30.5 Å². The van der Waals surface area contributed by atoms with Gasteiger partial charge in [-0.15, -0.1) is 24.0 Å². The highest BCUT2D eigenvalue weighted by molar-refractivity contribution is 14.0. The molecule has 1 aliphatic carbocycles. The van der Waals surface area contributed by atoms with Crippen molar-refractivity contribution in [2.75, 3.05) is 19.6 Å². The molecule has 0 bridgehead atoms. The molecule has 2 N–H and O–H groups in total. The molecule has 30 heavy (non-hydrogen) atoms. The van der Waals surface area contributed by atoms with E-state index in [1.54, 1.807) is 18.2 Å². The minimum Gasteiger partial charge on any atom is -0.357 e. The van der Waals surface area contributed by atoms with E-state index in [1.165, 1.54) is 12.5 Å². The van der Waals surface area contributed by atoms with E-state index in [2.05, 4.69) is 15.6 Å². The van der Waals surface area contributed by atoms with E-state index >= 15 is 0 Å². The number of amides is 1. The van der Waals surface area contributed by atoms with Gasteiger partial charge in [-0.2, -0.15) is 0 Å². The third kappa shape index (κ3) is 6.55. The summed E-state index contributed by atoms with van der Waals surface area (Å²) in [5.74, 6) is 1.13. The summed E-state index contributed by atoms with van der Waals surface area (Å²) in [6.45, 7) is 4.36. The minimum absolute atomic E-state index is 0. The van der Waals surface area contributed by atoms with Crippen molar-refractivity contribution in [3.05, 3.63) is 39.9 Å². The zero-order valence-electron chi connectivity index (χ0n) is 17.5. The van der Waals surface area contributed by atoms with Crippen LogP contribution in [0.5, 0.6) is 0 Å². The summed E-state index contributed by atoms with van der Waals surface area (Å²) in [4.78, 5) is 30.1. The topological polar surface area (TPSA) is 99.9 Å². The first kappa shape index (κ1) is 24.4. The zero-order valence-corrected chi connectivity index (χ0v) is 19.8. The lowest BCUT2D eigenvalue weighted by atomic mass is 9.88. The number of carbonyl (C=O) groups excluding carboxylic acids is 1. The molecule has 0 spiro atoms. The highest BCUT2D eigenvalue weighted by Gasteiger charge is 2.31. The minimum atomic E-state index is -0.378. The fourth-order valence-electron chi connectivity index (χ4n) is 4.19. The Labute approximate surface area is 195 Å². The van der Waals surface area contributed by atoms with E-state index in [0.717, 1.165) is 38.6 Å². The lowest BCUT2D eigenvalue weighted by Gasteiger charge is -2.26. The van der Waals surface area contributed by atoms with E-state index in [1.807, 2.05) is 11.8 Å². The van der Waals surface area contributed by atoms with Gasteiger partial charge in [-0.05, 0) is 26.2 Å². The highest BCUT2D eigenvalue weighted by Crippen LogP contribution is 2.26. The molecule has 1 atom stereocenters. The second kappa shape index (κ2) is 12.1. The van der Waals surface area contributed by atoms with Crippen LogP contribution < -0.4 is 10.6 Å². The molecular formula is C21H32IN5O3. The molecule has 1 saturated carbocycles. The average molecular weight is 529 g/mol. The van der Waals surface area contributed by atoms with Gasteiger partial charge in [0.25, 0.3) is 5.69 Å².